The van der Waals surface area contributed by atoms with Crippen LogP contribution in [0.4, 0.5) is 0 Å². The molecular formula is C11H9NO5. The Morgan fingerprint density at radius 2 is 2.35 bits per heavy atom. The molecule has 0 aliphatic rings. The predicted octanol–water partition coefficient (Wildman–Crippen LogP) is 1.07. The largest absolute Gasteiger partial charge is 0.505 e. The van der Waals surface area contributed by atoms with Crippen LogP contribution < -0.4 is 5.63 Å². The normalized spacial score (nSPS) is 10.4. The van der Waals surface area contributed by atoms with E-state index in [1.807, 2.05) is 0 Å². The fourth-order valence-corrected chi connectivity index (χ4v) is 1.40. The molecule has 0 saturated heterocycles. The molecule has 0 amide bonds. The highest BCUT2D eigenvalue weighted by Gasteiger charge is 2.22. The zero-order chi connectivity index (χ0) is 12.4. The van der Waals surface area contributed by atoms with Gasteiger partial charge in [-0.3, -0.25) is 0 Å². The first-order chi connectivity index (χ1) is 8.15. The first kappa shape index (κ1) is 11.1. The maximum atomic E-state index is 11.5. The number of aromatic hydroxyl groups is 1. The lowest BCUT2D eigenvalue weighted by Crippen LogP contribution is -2.17. The number of hydrogen-bond acceptors (Lipinski definition) is 6. The number of pyridine rings is 1. The second-order valence-electron chi connectivity index (χ2n) is 3.18. The molecule has 0 saturated carbocycles. The summed E-state index contributed by atoms with van der Waals surface area (Å²) in [6, 6.07) is 3.02. The second kappa shape index (κ2) is 4.25. The number of ether oxygens (including phenoxy) is 1. The fourth-order valence-electron chi connectivity index (χ4n) is 1.40. The van der Waals surface area contributed by atoms with E-state index in [2.05, 4.69) is 9.72 Å². The van der Waals surface area contributed by atoms with Crippen molar-refractivity contribution in [3.8, 4) is 5.75 Å². The maximum absolute atomic E-state index is 11.5. The molecule has 0 aliphatic carbocycles. The summed E-state index contributed by atoms with van der Waals surface area (Å²) in [5, 5.41) is 9.80. The monoisotopic (exact) mass is 235 g/mol. The number of nitrogens with zero attached hydrogens (tertiary/aromatic N) is 1. The van der Waals surface area contributed by atoms with Crippen LogP contribution in [0.1, 0.15) is 17.3 Å². The third-order valence-corrected chi connectivity index (χ3v) is 2.12. The van der Waals surface area contributed by atoms with Crippen LogP contribution in [0.3, 0.4) is 0 Å². The summed E-state index contributed by atoms with van der Waals surface area (Å²) in [5.41, 5.74) is -1.31. The summed E-state index contributed by atoms with van der Waals surface area (Å²) in [4.78, 5) is 26.8. The minimum atomic E-state index is -0.943. The average Bonchev–Trinajstić information content (AvgIpc) is 2.29. The van der Waals surface area contributed by atoms with Crippen LogP contribution in [0.25, 0.3) is 11.1 Å². The van der Waals surface area contributed by atoms with Gasteiger partial charge in [0.2, 0.25) is 0 Å². The van der Waals surface area contributed by atoms with E-state index in [0.717, 1.165) is 0 Å². The molecule has 0 atom stereocenters. The average molecular weight is 235 g/mol. The van der Waals surface area contributed by atoms with Crippen LogP contribution in [-0.4, -0.2) is 22.7 Å². The molecule has 0 radical (unpaired) electrons. The Balaban J connectivity index is 2.72. The van der Waals surface area contributed by atoms with E-state index in [-0.39, 0.29) is 17.7 Å². The van der Waals surface area contributed by atoms with Gasteiger partial charge in [0.25, 0.3) is 0 Å². The molecule has 0 aliphatic heterocycles. The Bertz CT molecular complexity index is 631. The number of hydrogen-bond donors (Lipinski definition) is 1. The van der Waals surface area contributed by atoms with Crippen LogP contribution >= 0.6 is 0 Å². The molecule has 17 heavy (non-hydrogen) atoms. The highest BCUT2D eigenvalue weighted by atomic mass is 16.5. The van der Waals surface area contributed by atoms with Gasteiger partial charge in [-0.05, 0) is 19.1 Å². The van der Waals surface area contributed by atoms with Crippen molar-refractivity contribution < 1.29 is 19.1 Å². The van der Waals surface area contributed by atoms with Gasteiger partial charge < -0.3 is 14.3 Å². The van der Waals surface area contributed by atoms with Crippen molar-refractivity contribution in [1.82, 2.24) is 4.98 Å². The Morgan fingerprint density at radius 3 is 3.06 bits per heavy atom. The number of esters is 1. The van der Waals surface area contributed by atoms with Crippen LogP contribution in [0.5, 0.6) is 5.75 Å². The van der Waals surface area contributed by atoms with Gasteiger partial charge in [0.15, 0.2) is 16.9 Å². The number of fused-ring (bicyclic) bond motifs is 1. The van der Waals surface area contributed by atoms with E-state index in [4.69, 9.17) is 4.42 Å². The molecule has 0 unspecified atom stereocenters. The fraction of sp³-hybridized carbons (Fsp3) is 0.182. The highest BCUT2D eigenvalue weighted by molar-refractivity contribution is 5.97. The molecule has 0 spiro atoms. The summed E-state index contributed by atoms with van der Waals surface area (Å²) >= 11 is 0. The zero-order valence-electron chi connectivity index (χ0n) is 8.97. The molecule has 88 valence electrons. The van der Waals surface area contributed by atoms with Gasteiger partial charge in [-0.25, -0.2) is 14.6 Å². The van der Waals surface area contributed by atoms with Crippen molar-refractivity contribution in [2.45, 2.75) is 6.92 Å². The van der Waals surface area contributed by atoms with Crippen LogP contribution in [0, 0.1) is 0 Å². The summed E-state index contributed by atoms with van der Waals surface area (Å²) in [6.07, 6.45) is 1.41. The molecule has 6 nitrogen and oxygen atoms in total. The third-order valence-electron chi connectivity index (χ3n) is 2.12. The van der Waals surface area contributed by atoms with E-state index in [0.29, 0.717) is 0 Å². The standard InChI is InChI=1S/C11H9NO5/c1-2-16-10(14)7-9(13)8-6(17-11(7)15)4-3-5-12-8/h3-5,13H,2H2,1H3. The van der Waals surface area contributed by atoms with E-state index in [1.54, 1.807) is 13.0 Å². The first-order valence-electron chi connectivity index (χ1n) is 4.93. The van der Waals surface area contributed by atoms with Crippen molar-refractivity contribution in [2.75, 3.05) is 6.61 Å². The van der Waals surface area contributed by atoms with Crippen molar-refractivity contribution in [3.05, 3.63) is 34.3 Å². The number of carbonyl (C=O) groups is 1. The van der Waals surface area contributed by atoms with Crippen LogP contribution in [0.15, 0.2) is 27.5 Å². The predicted molar refractivity (Wildman–Crippen MR) is 57.9 cm³/mol. The van der Waals surface area contributed by atoms with Crippen molar-refractivity contribution in [1.29, 1.82) is 0 Å². The smallest absolute Gasteiger partial charge is 0.355 e. The SMILES string of the molecule is CCOC(=O)c1c(O)c2ncccc2oc1=O. The summed E-state index contributed by atoms with van der Waals surface area (Å²) in [7, 11) is 0. The Morgan fingerprint density at radius 1 is 1.59 bits per heavy atom. The highest BCUT2D eigenvalue weighted by Crippen LogP contribution is 2.24. The summed E-state index contributed by atoms with van der Waals surface area (Å²) in [6.45, 7) is 1.69. The third kappa shape index (κ3) is 1.84. The van der Waals surface area contributed by atoms with E-state index in [1.165, 1.54) is 12.3 Å². The van der Waals surface area contributed by atoms with Gasteiger partial charge in [0.1, 0.15) is 5.52 Å². The molecule has 2 heterocycles. The van der Waals surface area contributed by atoms with E-state index >= 15 is 0 Å². The van der Waals surface area contributed by atoms with Crippen molar-refractivity contribution >= 4 is 17.1 Å². The Labute approximate surface area is 95.5 Å². The van der Waals surface area contributed by atoms with Gasteiger partial charge in [-0.2, -0.15) is 0 Å². The van der Waals surface area contributed by atoms with Gasteiger partial charge in [-0.15, -0.1) is 0 Å². The molecular weight excluding hydrogens is 226 g/mol. The summed E-state index contributed by atoms with van der Waals surface area (Å²) < 4.78 is 9.51. The number of carbonyl (C=O) groups excluding carboxylic acids is 1. The topological polar surface area (TPSA) is 89.6 Å². The maximum Gasteiger partial charge on any atom is 0.355 e. The molecule has 2 rings (SSSR count). The van der Waals surface area contributed by atoms with Crippen LogP contribution in [0.2, 0.25) is 0 Å². The van der Waals surface area contributed by atoms with Crippen LogP contribution in [-0.2, 0) is 4.74 Å². The molecule has 2 aromatic heterocycles. The molecule has 1 N–H and O–H groups in total. The zero-order valence-corrected chi connectivity index (χ0v) is 8.97. The van der Waals surface area contributed by atoms with Gasteiger partial charge in [-0.1, -0.05) is 0 Å². The minimum absolute atomic E-state index is 0.0511. The van der Waals surface area contributed by atoms with E-state index in [9.17, 15) is 14.7 Å². The molecule has 0 aromatic carbocycles. The van der Waals surface area contributed by atoms with Gasteiger partial charge in [0.05, 0.1) is 6.61 Å². The second-order valence-corrected chi connectivity index (χ2v) is 3.18. The van der Waals surface area contributed by atoms with Crippen molar-refractivity contribution in [2.24, 2.45) is 0 Å². The lowest BCUT2D eigenvalue weighted by Gasteiger charge is -2.04. The minimum Gasteiger partial charge on any atom is -0.505 e. The summed E-state index contributed by atoms with van der Waals surface area (Å²) in [5.74, 6) is -1.44. The first-order valence-corrected chi connectivity index (χ1v) is 4.93. The molecule has 2 aromatic rings. The lowest BCUT2D eigenvalue weighted by atomic mass is 10.2. The van der Waals surface area contributed by atoms with Crippen molar-refractivity contribution in [3.63, 3.8) is 0 Å². The van der Waals surface area contributed by atoms with E-state index < -0.39 is 22.9 Å². The molecule has 6 heteroatoms. The van der Waals surface area contributed by atoms with Gasteiger partial charge >= 0.3 is 11.6 Å². The van der Waals surface area contributed by atoms with Gasteiger partial charge in [0, 0.05) is 6.20 Å². The number of aromatic nitrogens is 1. The Kier molecular flexibility index (Phi) is 2.78. The molecule has 0 bridgehead atoms. The Hall–Kier alpha value is -2.37. The molecule has 0 fully saturated rings. The quantitative estimate of drug-likeness (QED) is 0.783. The lowest BCUT2D eigenvalue weighted by molar-refractivity contribution is 0.0518. The number of rotatable bonds is 2.